The highest BCUT2D eigenvalue weighted by atomic mass is 79.9. The highest BCUT2D eigenvalue weighted by Crippen LogP contribution is 2.25. The molecule has 0 saturated carbocycles. The number of fused-ring (bicyclic) bond motifs is 1. The van der Waals surface area contributed by atoms with Crippen molar-refractivity contribution in [3.05, 3.63) is 27.7 Å². The summed E-state index contributed by atoms with van der Waals surface area (Å²) in [5.41, 5.74) is 8.05. The largest absolute Gasteiger partial charge is 0.398 e. The third kappa shape index (κ3) is 1.42. The molecule has 1 aromatic rings. The van der Waals surface area contributed by atoms with Crippen molar-refractivity contribution in [3.8, 4) is 0 Å². The molecule has 0 atom stereocenters. The molecule has 68 valence electrons. The summed E-state index contributed by atoms with van der Waals surface area (Å²) in [7, 11) is 0. The lowest BCUT2D eigenvalue weighted by molar-refractivity contribution is 0.0946. The van der Waals surface area contributed by atoms with Gasteiger partial charge in [0.05, 0.1) is 0 Å². The van der Waals surface area contributed by atoms with Crippen molar-refractivity contribution in [2.75, 3.05) is 12.3 Å². The molecule has 1 heterocycles. The van der Waals surface area contributed by atoms with Crippen LogP contribution in [0, 0.1) is 0 Å². The van der Waals surface area contributed by atoms with Crippen LogP contribution in [0.4, 0.5) is 5.69 Å². The predicted octanol–water partition coefficient (Wildman–Crippen LogP) is 1.32. The number of hydrogen-bond donors (Lipinski definition) is 2. The number of amides is 1. The van der Waals surface area contributed by atoms with Crippen molar-refractivity contribution >= 4 is 27.5 Å². The van der Waals surface area contributed by atoms with Crippen LogP contribution in [0.2, 0.25) is 0 Å². The molecule has 3 N–H and O–H groups in total. The first-order valence-corrected chi connectivity index (χ1v) is 4.84. The Balaban J connectivity index is 2.58. The van der Waals surface area contributed by atoms with E-state index in [9.17, 15) is 4.79 Å². The average molecular weight is 241 g/mol. The minimum Gasteiger partial charge on any atom is -0.398 e. The van der Waals surface area contributed by atoms with Crippen molar-refractivity contribution in [2.24, 2.45) is 0 Å². The van der Waals surface area contributed by atoms with Crippen LogP contribution in [0.25, 0.3) is 0 Å². The summed E-state index contributed by atoms with van der Waals surface area (Å²) in [6.45, 7) is 0.711. The Morgan fingerprint density at radius 3 is 3.00 bits per heavy atom. The Bertz CT molecular complexity index is 376. The van der Waals surface area contributed by atoms with Gasteiger partial charge in [-0.2, -0.15) is 0 Å². The molecule has 3 nitrogen and oxygen atoms in total. The molecule has 0 unspecified atom stereocenters. The number of anilines is 1. The van der Waals surface area contributed by atoms with E-state index in [4.69, 9.17) is 5.73 Å². The van der Waals surface area contributed by atoms with Crippen LogP contribution in [0.5, 0.6) is 0 Å². The number of hydrogen-bond acceptors (Lipinski definition) is 2. The van der Waals surface area contributed by atoms with Crippen molar-refractivity contribution < 1.29 is 4.79 Å². The highest BCUT2D eigenvalue weighted by Gasteiger charge is 2.17. The molecule has 0 aromatic heterocycles. The van der Waals surface area contributed by atoms with E-state index in [2.05, 4.69) is 21.2 Å². The number of carbonyl (C=O) groups is 1. The minimum atomic E-state index is -0.0274. The zero-order valence-electron chi connectivity index (χ0n) is 6.93. The molecule has 0 saturated heterocycles. The van der Waals surface area contributed by atoms with Crippen LogP contribution in [-0.2, 0) is 6.42 Å². The van der Waals surface area contributed by atoms with Crippen LogP contribution in [-0.4, -0.2) is 12.5 Å². The topological polar surface area (TPSA) is 55.1 Å². The number of nitrogen functional groups attached to an aromatic ring is 1. The molecule has 0 spiro atoms. The van der Waals surface area contributed by atoms with Gasteiger partial charge in [0.25, 0.3) is 5.91 Å². The molecule has 0 fully saturated rings. The molecule has 1 amide bonds. The van der Waals surface area contributed by atoms with Gasteiger partial charge >= 0.3 is 0 Å². The Morgan fingerprint density at radius 1 is 1.46 bits per heavy atom. The number of rotatable bonds is 0. The van der Waals surface area contributed by atoms with Crippen molar-refractivity contribution in [3.63, 3.8) is 0 Å². The monoisotopic (exact) mass is 240 g/mol. The predicted molar refractivity (Wildman–Crippen MR) is 54.6 cm³/mol. The molecule has 4 heteroatoms. The molecule has 1 aromatic carbocycles. The highest BCUT2D eigenvalue weighted by molar-refractivity contribution is 9.10. The number of nitrogens with two attached hydrogens (primary N) is 1. The van der Waals surface area contributed by atoms with E-state index < -0.39 is 0 Å². The first-order chi connectivity index (χ1) is 6.18. The maximum Gasteiger partial charge on any atom is 0.251 e. The smallest absolute Gasteiger partial charge is 0.251 e. The Kier molecular flexibility index (Phi) is 2.00. The van der Waals surface area contributed by atoms with Gasteiger partial charge in [-0.1, -0.05) is 0 Å². The van der Waals surface area contributed by atoms with Gasteiger partial charge in [-0.3, -0.25) is 4.79 Å². The van der Waals surface area contributed by atoms with Crippen LogP contribution in [0.1, 0.15) is 15.9 Å². The third-order valence-electron chi connectivity index (χ3n) is 2.15. The minimum absolute atomic E-state index is 0.0274. The van der Waals surface area contributed by atoms with Gasteiger partial charge in [-0.15, -0.1) is 0 Å². The fourth-order valence-corrected chi connectivity index (χ4v) is 1.85. The zero-order chi connectivity index (χ0) is 9.42. The van der Waals surface area contributed by atoms with Crippen LogP contribution >= 0.6 is 15.9 Å². The summed E-state index contributed by atoms with van der Waals surface area (Å²) >= 11 is 3.34. The van der Waals surface area contributed by atoms with Crippen LogP contribution < -0.4 is 11.1 Å². The number of nitrogens with one attached hydrogen (secondary N) is 1. The summed E-state index contributed by atoms with van der Waals surface area (Å²) in [6, 6.07) is 3.64. The SMILES string of the molecule is Nc1cc2c(cc1Br)CCNC2=O. The molecule has 1 aliphatic rings. The molecule has 1 aliphatic heterocycles. The van der Waals surface area contributed by atoms with E-state index >= 15 is 0 Å². The molecule has 13 heavy (non-hydrogen) atoms. The third-order valence-corrected chi connectivity index (χ3v) is 2.83. The molecular formula is C9H9BrN2O. The lowest BCUT2D eigenvalue weighted by Crippen LogP contribution is -2.31. The van der Waals surface area contributed by atoms with E-state index in [1.807, 2.05) is 6.07 Å². The Hall–Kier alpha value is -1.03. The zero-order valence-corrected chi connectivity index (χ0v) is 8.52. The number of halogens is 1. The van der Waals surface area contributed by atoms with E-state index in [-0.39, 0.29) is 5.91 Å². The molecule has 0 radical (unpaired) electrons. The lowest BCUT2D eigenvalue weighted by Gasteiger charge is -2.17. The van der Waals surface area contributed by atoms with E-state index in [0.717, 1.165) is 16.5 Å². The second kappa shape index (κ2) is 3.03. The fraction of sp³-hybridized carbons (Fsp3) is 0.222. The number of benzene rings is 1. The first-order valence-electron chi connectivity index (χ1n) is 4.04. The average Bonchev–Trinajstić information content (AvgIpc) is 2.09. The van der Waals surface area contributed by atoms with Crippen molar-refractivity contribution in [2.45, 2.75) is 6.42 Å². The van der Waals surface area contributed by atoms with Crippen molar-refractivity contribution in [1.82, 2.24) is 5.32 Å². The summed E-state index contributed by atoms with van der Waals surface area (Å²) in [5, 5.41) is 2.78. The van der Waals surface area contributed by atoms with Gasteiger partial charge in [0.15, 0.2) is 0 Å². The van der Waals surface area contributed by atoms with Gasteiger partial charge < -0.3 is 11.1 Å². The fourth-order valence-electron chi connectivity index (χ4n) is 1.46. The first kappa shape index (κ1) is 8.56. The van der Waals surface area contributed by atoms with E-state index in [1.54, 1.807) is 6.07 Å². The number of carbonyl (C=O) groups excluding carboxylic acids is 1. The summed E-state index contributed by atoms with van der Waals surface area (Å²) < 4.78 is 0.862. The van der Waals surface area contributed by atoms with E-state index in [1.165, 1.54) is 0 Å². The molecular weight excluding hydrogens is 232 g/mol. The second-order valence-corrected chi connectivity index (χ2v) is 3.89. The quantitative estimate of drug-likeness (QED) is 0.673. The van der Waals surface area contributed by atoms with Gasteiger partial charge in [-0.05, 0) is 40.0 Å². The Morgan fingerprint density at radius 2 is 2.23 bits per heavy atom. The maximum atomic E-state index is 11.4. The second-order valence-electron chi connectivity index (χ2n) is 3.04. The lowest BCUT2D eigenvalue weighted by atomic mass is 10.00. The van der Waals surface area contributed by atoms with Gasteiger partial charge in [0, 0.05) is 22.3 Å². The van der Waals surface area contributed by atoms with E-state index in [0.29, 0.717) is 17.8 Å². The molecule has 0 bridgehead atoms. The summed E-state index contributed by atoms with van der Waals surface area (Å²) in [6.07, 6.45) is 0.875. The van der Waals surface area contributed by atoms with Crippen LogP contribution in [0.3, 0.4) is 0 Å². The maximum absolute atomic E-state index is 11.4. The van der Waals surface area contributed by atoms with Gasteiger partial charge in [0.2, 0.25) is 0 Å². The van der Waals surface area contributed by atoms with Crippen molar-refractivity contribution in [1.29, 1.82) is 0 Å². The van der Waals surface area contributed by atoms with Crippen LogP contribution in [0.15, 0.2) is 16.6 Å². The normalized spacial score (nSPS) is 15.0. The molecule has 0 aliphatic carbocycles. The Labute approximate surface area is 84.4 Å². The summed E-state index contributed by atoms with van der Waals surface area (Å²) in [4.78, 5) is 11.4. The summed E-state index contributed by atoms with van der Waals surface area (Å²) in [5.74, 6) is -0.0274. The standard InChI is InChI=1S/C9H9BrN2O/c10-7-3-5-1-2-12-9(13)6(5)4-8(7)11/h3-4H,1-2,11H2,(H,12,13). The molecule has 2 rings (SSSR count). The van der Waals surface area contributed by atoms with Gasteiger partial charge in [0.1, 0.15) is 0 Å². The van der Waals surface area contributed by atoms with Gasteiger partial charge in [-0.25, -0.2) is 0 Å².